The first-order valence-corrected chi connectivity index (χ1v) is 7.98. The van der Waals surface area contributed by atoms with E-state index in [0.717, 1.165) is 38.1 Å². The topological polar surface area (TPSA) is 42.7 Å². The molecule has 7 heteroatoms. The van der Waals surface area contributed by atoms with Crippen molar-refractivity contribution < 1.29 is 27.1 Å². The number of carbonyl (C=O) groups is 1. The van der Waals surface area contributed by atoms with E-state index >= 15 is 0 Å². The van der Waals surface area contributed by atoms with Gasteiger partial charge in [-0.3, -0.25) is 4.79 Å². The van der Waals surface area contributed by atoms with E-state index < -0.39 is 11.7 Å². The van der Waals surface area contributed by atoms with E-state index in [0.29, 0.717) is 12.0 Å². The molecule has 2 heterocycles. The quantitative estimate of drug-likeness (QED) is 0.771. The Hall–Kier alpha value is -2.28. The van der Waals surface area contributed by atoms with E-state index in [1.165, 1.54) is 18.2 Å². The molecule has 0 aliphatic carbocycles. The van der Waals surface area contributed by atoms with Crippen LogP contribution in [0, 0.1) is 0 Å². The van der Waals surface area contributed by atoms with Gasteiger partial charge in [0.15, 0.2) is 12.0 Å². The highest BCUT2D eigenvalue weighted by atomic mass is 19.4. The number of rotatable bonds is 4. The Balaban J connectivity index is 1.94. The van der Waals surface area contributed by atoms with Crippen molar-refractivity contribution >= 4 is 6.29 Å². The van der Waals surface area contributed by atoms with Gasteiger partial charge in [0.25, 0.3) is 0 Å². The van der Waals surface area contributed by atoms with Crippen LogP contribution < -0.4 is 4.74 Å². The van der Waals surface area contributed by atoms with Crippen LogP contribution >= 0.6 is 0 Å². The molecular weight excluding hydrogens is 335 g/mol. The minimum Gasteiger partial charge on any atom is -0.490 e. The third-order valence-electron chi connectivity index (χ3n) is 4.27. The number of furan rings is 1. The smallest absolute Gasteiger partial charge is 0.416 e. The fourth-order valence-corrected chi connectivity index (χ4v) is 2.84. The molecule has 1 aromatic heterocycles. The number of aldehydes is 1. The molecule has 3 rings (SSSR count). The summed E-state index contributed by atoms with van der Waals surface area (Å²) in [5.41, 5.74) is -0.593. The Morgan fingerprint density at radius 2 is 1.92 bits per heavy atom. The zero-order valence-corrected chi connectivity index (χ0v) is 13.7. The number of halogens is 3. The largest absolute Gasteiger partial charge is 0.490 e. The van der Waals surface area contributed by atoms with Gasteiger partial charge in [-0.25, -0.2) is 0 Å². The van der Waals surface area contributed by atoms with Crippen LogP contribution in [0.4, 0.5) is 13.2 Å². The Labute approximate surface area is 143 Å². The number of nitrogens with zero attached hydrogens (tertiary/aromatic N) is 1. The van der Waals surface area contributed by atoms with Crippen molar-refractivity contribution in [2.24, 2.45) is 0 Å². The van der Waals surface area contributed by atoms with Crippen LogP contribution in [0.25, 0.3) is 11.3 Å². The number of hydrogen-bond donors (Lipinski definition) is 0. The van der Waals surface area contributed by atoms with Gasteiger partial charge in [0, 0.05) is 13.1 Å². The SMILES string of the molecule is CN1CCC(Oc2ccc(C(F)(F)F)cc2-c2ccc(C=O)o2)CC1. The van der Waals surface area contributed by atoms with Crippen molar-refractivity contribution in [3.05, 3.63) is 41.7 Å². The lowest BCUT2D eigenvalue weighted by Gasteiger charge is -2.30. The van der Waals surface area contributed by atoms with Crippen molar-refractivity contribution in [2.75, 3.05) is 20.1 Å². The molecule has 0 atom stereocenters. The normalized spacial score (nSPS) is 16.8. The summed E-state index contributed by atoms with van der Waals surface area (Å²) in [5.74, 6) is 0.558. The Morgan fingerprint density at radius 3 is 2.52 bits per heavy atom. The molecule has 134 valence electrons. The van der Waals surface area contributed by atoms with Crippen LogP contribution in [0.1, 0.15) is 29.0 Å². The first-order chi connectivity index (χ1) is 11.9. The molecule has 1 fully saturated rings. The van der Waals surface area contributed by atoms with Gasteiger partial charge in [0.2, 0.25) is 0 Å². The predicted octanol–water partition coefficient (Wildman–Crippen LogP) is 4.25. The van der Waals surface area contributed by atoms with Crippen LogP contribution in [0.5, 0.6) is 5.75 Å². The average Bonchev–Trinajstić information content (AvgIpc) is 3.05. The van der Waals surface area contributed by atoms with Crippen LogP contribution in [0.3, 0.4) is 0 Å². The van der Waals surface area contributed by atoms with E-state index in [4.69, 9.17) is 9.15 Å². The lowest BCUT2D eigenvalue weighted by atomic mass is 10.1. The summed E-state index contributed by atoms with van der Waals surface area (Å²) in [6.07, 6.45) is -2.42. The summed E-state index contributed by atoms with van der Waals surface area (Å²) in [4.78, 5) is 13.0. The molecule has 2 aromatic rings. The standard InChI is InChI=1S/C18H18F3NO3/c1-22-8-6-13(7-9-22)24-16-4-2-12(18(19,20)21)10-15(16)17-5-3-14(11-23)25-17/h2-5,10-11,13H,6-9H2,1H3. The van der Waals surface area contributed by atoms with Crippen molar-refractivity contribution in [2.45, 2.75) is 25.1 Å². The molecule has 0 saturated carbocycles. The zero-order valence-electron chi connectivity index (χ0n) is 13.7. The molecular formula is C18H18F3NO3. The number of hydrogen-bond acceptors (Lipinski definition) is 4. The highest BCUT2D eigenvalue weighted by molar-refractivity contribution is 5.74. The average molecular weight is 353 g/mol. The Kier molecular flexibility index (Phi) is 4.85. The minimum absolute atomic E-state index is 0.0534. The predicted molar refractivity (Wildman–Crippen MR) is 85.7 cm³/mol. The van der Waals surface area contributed by atoms with E-state index in [9.17, 15) is 18.0 Å². The Morgan fingerprint density at radius 1 is 1.20 bits per heavy atom. The number of piperidine rings is 1. The van der Waals surface area contributed by atoms with Crippen LogP contribution in [-0.2, 0) is 6.18 Å². The third-order valence-corrected chi connectivity index (χ3v) is 4.27. The van der Waals surface area contributed by atoms with Crippen molar-refractivity contribution in [3.63, 3.8) is 0 Å². The fourth-order valence-electron chi connectivity index (χ4n) is 2.84. The third kappa shape index (κ3) is 4.04. The molecule has 1 aliphatic heterocycles. The molecule has 0 bridgehead atoms. The van der Waals surface area contributed by atoms with E-state index in [1.54, 1.807) is 0 Å². The molecule has 1 saturated heterocycles. The van der Waals surface area contributed by atoms with E-state index in [1.807, 2.05) is 7.05 Å². The minimum atomic E-state index is -4.47. The lowest BCUT2D eigenvalue weighted by molar-refractivity contribution is -0.137. The maximum Gasteiger partial charge on any atom is 0.416 e. The van der Waals surface area contributed by atoms with Crippen LogP contribution in [0.15, 0.2) is 34.7 Å². The number of ether oxygens (including phenoxy) is 1. The maximum atomic E-state index is 13.1. The zero-order chi connectivity index (χ0) is 18.0. The molecule has 25 heavy (non-hydrogen) atoms. The number of alkyl halides is 3. The molecule has 4 nitrogen and oxygen atoms in total. The molecule has 0 unspecified atom stereocenters. The summed E-state index contributed by atoms with van der Waals surface area (Å²) in [7, 11) is 2.02. The molecule has 0 spiro atoms. The number of benzene rings is 1. The molecule has 0 amide bonds. The molecule has 1 aromatic carbocycles. The maximum absolute atomic E-state index is 13.1. The van der Waals surface area contributed by atoms with Gasteiger partial charge in [-0.05, 0) is 50.2 Å². The first-order valence-electron chi connectivity index (χ1n) is 7.98. The fraction of sp³-hybridized carbons (Fsp3) is 0.389. The van der Waals surface area contributed by atoms with Crippen molar-refractivity contribution in [1.29, 1.82) is 0 Å². The van der Waals surface area contributed by atoms with Gasteiger partial charge in [-0.15, -0.1) is 0 Å². The van der Waals surface area contributed by atoms with Gasteiger partial charge < -0.3 is 14.1 Å². The second kappa shape index (κ2) is 6.92. The second-order valence-electron chi connectivity index (χ2n) is 6.15. The molecule has 0 radical (unpaired) electrons. The Bertz CT molecular complexity index is 746. The number of carbonyl (C=O) groups excluding carboxylic acids is 1. The summed E-state index contributed by atoms with van der Waals surface area (Å²) in [6.45, 7) is 1.74. The van der Waals surface area contributed by atoms with E-state index in [-0.39, 0.29) is 23.2 Å². The second-order valence-corrected chi connectivity index (χ2v) is 6.15. The highest BCUT2D eigenvalue weighted by Crippen LogP contribution is 2.38. The van der Waals surface area contributed by atoms with Gasteiger partial charge in [-0.1, -0.05) is 0 Å². The van der Waals surface area contributed by atoms with Crippen molar-refractivity contribution in [1.82, 2.24) is 4.90 Å². The van der Waals surface area contributed by atoms with Gasteiger partial charge in [-0.2, -0.15) is 13.2 Å². The van der Waals surface area contributed by atoms with Crippen molar-refractivity contribution in [3.8, 4) is 17.1 Å². The number of likely N-dealkylation sites (tertiary alicyclic amines) is 1. The van der Waals surface area contributed by atoms with Gasteiger partial charge >= 0.3 is 6.18 Å². The summed E-state index contributed by atoms with van der Waals surface area (Å²) >= 11 is 0. The van der Waals surface area contributed by atoms with Gasteiger partial charge in [0.1, 0.15) is 17.6 Å². The lowest BCUT2D eigenvalue weighted by Crippen LogP contribution is -2.35. The van der Waals surface area contributed by atoms with Gasteiger partial charge in [0.05, 0.1) is 11.1 Å². The summed E-state index contributed by atoms with van der Waals surface area (Å²) in [5, 5.41) is 0. The molecule has 0 N–H and O–H groups in total. The van der Waals surface area contributed by atoms with Crippen LogP contribution in [0.2, 0.25) is 0 Å². The first kappa shape index (κ1) is 17.5. The highest BCUT2D eigenvalue weighted by Gasteiger charge is 2.32. The van der Waals surface area contributed by atoms with Crippen LogP contribution in [-0.4, -0.2) is 37.4 Å². The monoisotopic (exact) mass is 353 g/mol. The molecule has 1 aliphatic rings. The summed E-state index contributed by atoms with van der Waals surface area (Å²) < 4.78 is 50.4. The van der Waals surface area contributed by atoms with E-state index in [2.05, 4.69) is 4.90 Å². The summed E-state index contributed by atoms with van der Waals surface area (Å²) in [6, 6.07) is 6.21.